The first kappa shape index (κ1) is 8.58. The van der Waals surface area contributed by atoms with E-state index in [-0.39, 0.29) is 29.7 Å². The van der Waals surface area contributed by atoms with Gasteiger partial charge in [0.05, 0.1) is 17.9 Å². The van der Waals surface area contributed by atoms with Gasteiger partial charge >= 0.3 is 0 Å². The van der Waals surface area contributed by atoms with Crippen molar-refractivity contribution in [2.24, 2.45) is 11.8 Å². The van der Waals surface area contributed by atoms with Crippen LogP contribution in [-0.2, 0) is 9.59 Å². The van der Waals surface area contributed by atoms with Gasteiger partial charge in [0.2, 0.25) is 11.8 Å². The highest BCUT2D eigenvalue weighted by molar-refractivity contribution is 6.09. The molecule has 1 aliphatic heterocycles. The van der Waals surface area contributed by atoms with Crippen molar-refractivity contribution in [2.45, 2.75) is 19.4 Å². The summed E-state index contributed by atoms with van der Waals surface area (Å²) in [6.07, 6.45) is 2.11. The number of imide groups is 1. The Hall–Kier alpha value is -1.72. The third-order valence-corrected chi connectivity index (χ3v) is 3.12. The number of aromatic nitrogens is 3. The molecule has 6 heteroatoms. The van der Waals surface area contributed by atoms with E-state index in [9.17, 15) is 9.59 Å². The fourth-order valence-electron chi connectivity index (χ4n) is 2.13. The van der Waals surface area contributed by atoms with Crippen molar-refractivity contribution >= 4 is 11.8 Å². The highest BCUT2D eigenvalue weighted by Crippen LogP contribution is 2.49. The fourth-order valence-corrected chi connectivity index (χ4v) is 2.13. The Morgan fingerprint density at radius 3 is 2.67 bits per heavy atom. The molecule has 0 spiro atoms. The maximum absolute atomic E-state index is 11.7. The topological polar surface area (TPSA) is 79.0 Å². The van der Waals surface area contributed by atoms with E-state index in [1.165, 1.54) is 11.2 Å². The Kier molecular flexibility index (Phi) is 1.52. The van der Waals surface area contributed by atoms with Crippen molar-refractivity contribution < 1.29 is 9.59 Å². The molecule has 0 aromatic carbocycles. The van der Waals surface area contributed by atoms with Crippen LogP contribution in [0.2, 0.25) is 0 Å². The van der Waals surface area contributed by atoms with E-state index in [1.54, 1.807) is 6.92 Å². The maximum Gasteiger partial charge on any atom is 0.233 e. The lowest BCUT2D eigenvalue weighted by atomic mass is 10.2. The van der Waals surface area contributed by atoms with Crippen molar-refractivity contribution in [3.63, 3.8) is 0 Å². The number of carbonyl (C=O) groups excluding carboxylic acids is 2. The van der Waals surface area contributed by atoms with Gasteiger partial charge in [0.15, 0.2) is 0 Å². The molecular formula is C9H10N4O2. The largest absolute Gasteiger partial charge is 0.274 e. The highest BCUT2D eigenvalue weighted by atomic mass is 16.2. The molecule has 3 rings (SSSR count). The first-order chi connectivity index (χ1) is 7.20. The summed E-state index contributed by atoms with van der Waals surface area (Å²) >= 11 is 0. The van der Waals surface area contributed by atoms with Crippen LogP contribution in [0.15, 0.2) is 6.33 Å². The van der Waals surface area contributed by atoms with Gasteiger partial charge in [-0.05, 0) is 13.3 Å². The highest BCUT2D eigenvalue weighted by Gasteiger charge is 2.60. The molecule has 1 aromatic rings. The van der Waals surface area contributed by atoms with Crippen LogP contribution in [0, 0.1) is 11.8 Å². The van der Waals surface area contributed by atoms with Crippen LogP contribution in [0.1, 0.15) is 25.2 Å². The smallest absolute Gasteiger partial charge is 0.233 e. The summed E-state index contributed by atoms with van der Waals surface area (Å²) in [5, 5.41) is 6.39. The minimum absolute atomic E-state index is 0.0529. The maximum atomic E-state index is 11.7. The number of piperidine rings is 1. The van der Waals surface area contributed by atoms with Gasteiger partial charge in [-0.2, -0.15) is 5.10 Å². The third kappa shape index (κ3) is 1.04. The molecular weight excluding hydrogens is 196 g/mol. The van der Waals surface area contributed by atoms with Gasteiger partial charge in [-0.1, -0.05) is 0 Å². The number of nitrogens with one attached hydrogen (secondary N) is 1. The van der Waals surface area contributed by atoms with E-state index < -0.39 is 0 Å². The molecule has 78 valence electrons. The van der Waals surface area contributed by atoms with E-state index in [4.69, 9.17) is 0 Å². The zero-order valence-electron chi connectivity index (χ0n) is 8.17. The Morgan fingerprint density at radius 1 is 1.47 bits per heavy atom. The Balaban J connectivity index is 1.89. The molecule has 15 heavy (non-hydrogen) atoms. The zero-order valence-corrected chi connectivity index (χ0v) is 8.17. The number of H-pyrrole nitrogens is 1. The van der Waals surface area contributed by atoms with Gasteiger partial charge in [0, 0.05) is 0 Å². The van der Waals surface area contributed by atoms with Crippen LogP contribution in [-0.4, -0.2) is 31.9 Å². The monoisotopic (exact) mass is 206 g/mol. The number of aromatic amines is 1. The summed E-state index contributed by atoms with van der Waals surface area (Å²) in [6, 6.07) is -0.333. The first-order valence-corrected chi connectivity index (χ1v) is 4.92. The van der Waals surface area contributed by atoms with Crippen molar-refractivity contribution in [3.8, 4) is 0 Å². The molecule has 2 heterocycles. The van der Waals surface area contributed by atoms with Crippen LogP contribution in [0.4, 0.5) is 0 Å². The molecule has 1 aliphatic carbocycles. The van der Waals surface area contributed by atoms with Gasteiger partial charge in [-0.15, -0.1) is 0 Å². The first-order valence-electron chi connectivity index (χ1n) is 4.92. The summed E-state index contributed by atoms with van der Waals surface area (Å²) < 4.78 is 0. The van der Waals surface area contributed by atoms with Crippen molar-refractivity contribution in [1.29, 1.82) is 0 Å². The molecule has 0 bridgehead atoms. The number of hydrogen-bond acceptors (Lipinski definition) is 4. The average molecular weight is 206 g/mol. The SMILES string of the molecule is CC(c1ncn[nH]1)N1C(=O)C2CC2C1=O. The summed E-state index contributed by atoms with van der Waals surface area (Å²) in [7, 11) is 0. The zero-order chi connectivity index (χ0) is 10.6. The standard InChI is InChI=1S/C9H10N4O2/c1-4(7-10-3-11-12-7)13-8(14)5-2-6(5)9(13)15/h3-6H,2H2,1H3,(H,10,11,12). The quantitative estimate of drug-likeness (QED) is 0.683. The minimum Gasteiger partial charge on any atom is -0.274 e. The van der Waals surface area contributed by atoms with E-state index in [2.05, 4.69) is 15.2 Å². The Morgan fingerprint density at radius 2 is 2.13 bits per heavy atom. The molecule has 3 unspecified atom stereocenters. The molecule has 6 nitrogen and oxygen atoms in total. The summed E-state index contributed by atoms with van der Waals surface area (Å²) in [6.45, 7) is 1.78. The third-order valence-electron chi connectivity index (χ3n) is 3.12. The van der Waals surface area contributed by atoms with Gasteiger partial charge < -0.3 is 0 Å². The number of rotatable bonds is 2. The van der Waals surface area contributed by atoms with Crippen LogP contribution < -0.4 is 0 Å². The van der Waals surface area contributed by atoms with Crippen LogP contribution >= 0.6 is 0 Å². The molecule has 2 amide bonds. The molecule has 2 aliphatic rings. The lowest BCUT2D eigenvalue weighted by molar-refractivity contribution is -0.144. The Labute approximate surface area is 85.7 Å². The number of hydrogen-bond donors (Lipinski definition) is 1. The normalized spacial score (nSPS) is 30.6. The van der Waals surface area contributed by atoms with Crippen molar-refractivity contribution in [3.05, 3.63) is 12.2 Å². The van der Waals surface area contributed by atoms with Crippen LogP contribution in [0.3, 0.4) is 0 Å². The number of amides is 2. The van der Waals surface area contributed by atoms with E-state index in [0.29, 0.717) is 5.82 Å². The van der Waals surface area contributed by atoms with E-state index >= 15 is 0 Å². The van der Waals surface area contributed by atoms with Gasteiger partial charge in [-0.25, -0.2) is 4.98 Å². The number of likely N-dealkylation sites (tertiary alicyclic amines) is 1. The lowest BCUT2D eigenvalue weighted by Gasteiger charge is -2.22. The van der Waals surface area contributed by atoms with Crippen LogP contribution in [0.5, 0.6) is 0 Å². The number of nitrogens with zero attached hydrogens (tertiary/aromatic N) is 3. The average Bonchev–Trinajstić information content (AvgIpc) is 2.75. The molecule has 1 aromatic heterocycles. The molecule has 3 atom stereocenters. The second kappa shape index (κ2) is 2.65. The van der Waals surface area contributed by atoms with Gasteiger partial charge in [0.1, 0.15) is 12.2 Å². The van der Waals surface area contributed by atoms with Gasteiger partial charge in [0.25, 0.3) is 0 Å². The number of fused-ring (bicyclic) bond motifs is 1. The Bertz CT molecular complexity index is 407. The minimum atomic E-state index is -0.333. The summed E-state index contributed by atoms with van der Waals surface area (Å²) in [5.41, 5.74) is 0. The summed E-state index contributed by atoms with van der Waals surface area (Å²) in [4.78, 5) is 28.7. The predicted molar refractivity (Wildman–Crippen MR) is 48.2 cm³/mol. The second-order valence-electron chi connectivity index (χ2n) is 4.04. The molecule has 1 saturated heterocycles. The van der Waals surface area contributed by atoms with Crippen molar-refractivity contribution in [1.82, 2.24) is 20.1 Å². The summed E-state index contributed by atoms with van der Waals surface area (Å²) in [5.74, 6) is 0.326. The lowest BCUT2D eigenvalue weighted by Crippen LogP contribution is -2.35. The molecule has 1 saturated carbocycles. The van der Waals surface area contributed by atoms with Crippen LogP contribution in [0.25, 0.3) is 0 Å². The molecule has 1 N–H and O–H groups in total. The number of carbonyl (C=O) groups is 2. The fraction of sp³-hybridized carbons (Fsp3) is 0.556. The second-order valence-corrected chi connectivity index (χ2v) is 4.04. The molecule has 2 fully saturated rings. The van der Waals surface area contributed by atoms with Gasteiger partial charge in [-0.3, -0.25) is 19.6 Å². The molecule has 0 radical (unpaired) electrons. The van der Waals surface area contributed by atoms with Crippen molar-refractivity contribution in [2.75, 3.05) is 0 Å². The van der Waals surface area contributed by atoms with E-state index in [0.717, 1.165) is 6.42 Å². The predicted octanol–water partition coefficient (Wildman–Crippen LogP) is -0.129. The van der Waals surface area contributed by atoms with E-state index in [1.807, 2.05) is 0 Å².